The summed E-state index contributed by atoms with van der Waals surface area (Å²) in [6.07, 6.45) is 5.64. The van der Waals surface area contributed by atoms with Gasteiger partial charge in [0.1, 0.15) is 0 Å². The average molecular weight is 447 g/mol. The lowest BCUT2D eigenvalue weighted by Gasteiger charge is -2.43. The number of nitrogens with one attached hydrogen (secondary N) is 1. The molecule has 5 rings (SSSR count). The third kappa shape index (κ3) is 4.91. The number of nitrogens with zero attached hydrogens (tertiary/aromatic N) is 3. The molecule has 1 saturated heterocycles. The van der Waals surface area contributed by atoms with Crippen LogP contribution in [0.1, 0.15) is 36.8 Å². The first-order chi connectivity index (χ1) is 16.2. The van der Waals surface area contributed by atoms with E-state index in [0.717, 1.165) is 51.1 Å². The highest BCUT2D eigenvalue weighted by Gasteiger charge is 2.39. The van der Waals surface area contributed by atoms with Crippen LogP contribution in [-0.4, -0.2) is 65.4 Å². The first-order valence-corrected chi connectivity index (χ1v) is 12.4. The number of carbonyl (C=O) groups excluding carboxylic acids is 2. The number of rotatable bonds is 4. The Hall–Kier alpha value is -2.86. The zero-order valence-corrected chi connectivity index (χ0v) is 19.3. The molecule has 33 heavy (non-hydrogen) atoms. The van der Waals surface area contributed by atoms with E-state index < -0.39 is 0 Å². The molecule has 1 atom stereocenters. The Balaban J connectivity index is 1.24. The van der Waals surface area contributed by atoms with E-state index in [1.807, 2.05) is 35.2 Å². The second kappa shape index (κ2) is 9.96. The minimum absolute atomic E-state index is 0.0581. The van der Waals surface area contributed by atoms with E-state index in [1.54, 1.807) is 0 Å². The van der Waals surface area contributed by atoms with Crippen LogP contribution in [0.2, 0.25) is 0 Å². The van der Waals surface area contributed by atoms with Gasteiger partial charge in [0.15, 0.2) is 0 Å². The van der Waals surface area contributed by atoms with Crippen LogP contribution >= 0.6 is 0 Å². The van der Waals surface area contributed by atoms with Crippen molar-refractivity contribution in [1.82, 2.24) is 14.7 Å². The van der Waals surface area contributed by atoms with Gasteiger partial charge >= 0.3 is 6.03 Å². The van der Waals surface area contributed by atoms with Crippen molar-refractivity contribution in [3.63, 3.8) is 0 Å². The first kappa shape index (κ1) is 22.0. The lowest BCUT2D eigenvalue weighted by atomic mass is 9.92. The van der Waals surface area contributed by atoms with Gasteiger partial charge in [-0.2, -0.15) is 0 Å². The molecule has 0 spiro atoms. The molecule has 2 fully saturated rings. The molecular weight excluding hydrogens is 412 g/mol. The molecule has 2 heterocycles. The highest BCUT2D eigenvalue weighted by atomic mass is 16.2. The second-order valence-corrected chi connectivity index (χ2v) is 9.59. The second-order valence-electron chi connectivity index (χ2n) is 9.59. The van der Waals surface area contributed by atoms with Gasteiger partial charge < -0.3 is 15.1 Å². The molecule has 1 saturated carbocycles. The highest BCUT2D eigenvalue weighted by Crippen LogP contribution is 2.33. The molecular formula is C27H34N4O2. The largest absolute Gasteiger partial charge is 0.337 e. The summed E-state index contributed by atoms with van der Waals surface area (Å²) < 4.78 is 0. The van der Waals surface area contributed by atoms with Gasteiger partial charge in [0.25, 0.3) is 0 Å². The molecule has 0 unspecified atom stereocenters. The third-order valence-electron chi connectivity index (χ3n) is 7.56. The smallest absolute Gasteiger partial charge is 0.321 e. The van der Waals surface area contributed by atoms with E-state index in [0.29, 0.717) is 24.9 Å². The van der Waals surface area contributed by atoms with Crippen LogP contribution in [0.25, 0.3) is 0 Å². The lowest BCUT2D eigenvalue weighted by molar-refractivity contribution is -0.141. The van der Waals surface area contributed by atoms with Gasteiger partial charge in [0.05, 0.1) is 6.04 Å². The number of anilines is 1. The van der Waals surface area contributed by atoms with Crippen molar-refractivity contribution >= 4 is 17.6 Å². The number of benzene rings is 2. The Morgan fingerprint density at radius 1 is 0.788 bits per heavy atom. The Morgan fingerprint density at radius 3 is 2.18 bits per heavy atom. The maximum absolute atomic E-state index is 13.8. The number of para-hydroxylation sites is 1. The van der Waals surface area contributed by atoms with Gasteiger partial charge in [-0.05, 0) is 48.4 Å². The lowest BCUT2D eigenvalue weighted by Crippen LogP contribution is -2.59. The fraction of sp³-hybridized carbons (Fsp3) is 0.481. The van der Waals surface area contributed by atoms with E-state index in [2.05, 4.69) is 39.4 Å². The van der Waals surface area contributed by atoms with Crippen molar-refractivity contribution in [2.24, 2.45) is 5.92 Å². The van der Waals surface area contributed by atoms with E-state index in [-0.39, 0.29) is 12.1 Å². The van der Waals surface area contributed by atoms with Crippen LogP contribution in [0, 0.1) is 5.92 Å². The van der Waals surface area contributed by atoms with Crippen LogP contribution in [0.15, 0.2) is 54.6 Å². The summed E-state index contributed by atoms with van der Waals surface area (Å²) >= 11 is 0. The third-order valence-corrected chi connectivity index (χ3v) is 7.56. The standard InChI is InChI=1S/C27H34N4O2/c32-26(31-15-14-21-8-4-7-11-23(21)20-31)25(22-9-5-6-10-22)29-16-18-30(19-17-29)27(33)28-24-12-2-1-3-13-24/h1-4,7-8,11-13,22,25H,5-6,9-10,14-20H2,(H,28,33)/t25-/m0/s1. The highest BCUT2D eigenvalue weighted by molar-refractivity contribution is 5.89. The number of hydrogen-bond donors (Lipinski definition) is 1. The summed E-state index contributed by atoms with van der Waals surface area (Å²) in [6.45, 7) is 4.32. The number of amides is 3. The van der Waals surface area contributed by atoms with Crippen molar-refractivity contribution in [2.45, 2.75) is 44.7 Å². The van der Waals surface area contributed by atoms with E-state index in [1.165, 1.54) is 24.0 Å². The predicted octanol–water partition coefficient (Wildman–Crippen LogP) is 3.98. The molecule has 2 aromatic rings. The summed E-state index contributed by atoms with van der Waals surface area (Å²) in [5.41, 5.74) is 3.47. The zero-order valence-electron chi connectivity index (χ0n) is 19.3. The van der Waals surface area contributed by atoms with Gasteiger partial charge in [-0.1, -0.05) is 55.3 Å². The van der Waals surface area contributed by atoms with Crippen molar-refractivity contribution < 1.29 is 9.59 Å². The van der Waals surface area contributed by atoms with E-state index in [4.69, 9.17) is 0 Å². The van der Waals surface area contributed by atoms with Crippen molar-refractivity contribution in [1.29, 1.82) is 0 Å². The van der Waals surface area contributed by atoms with Crippen LogP contribution in [-0.2, 0) is 17.8 Å². The van der Waals surface area contributed by atoms with Gasteiger partial charge in [0.2, 0.25) is 5.91 Å². The van der Waals surface area contributed by atoms with Gasteiger partial charge in [-0.25, -0.2) is 4.79 Å². The number of carbonyl (C=O) groups is 2. The fourth-order valence-corrected chi connectivity index (χ4v) is 5.73. The molecule has 1 N–H and O–H groups in total. The molecule has 0 bridgehead atoms. The van der Waals surface area contributed by atoms with Gasteiger partial charge in [-0.15, -0.1) is 0 Å². The molecule has 3 aliphatic rings. The summed E-state index contributed by atoms with van der Waals surface area (Å²) in [4.78, 5) is 32.9. The van der Waals surface area contributed by atoms with Crippen LogP contribution in [0.5, 0.6) is 0 Å². The zero-order chi connectivity index (χ0) is 22.6. The fourth-order valence-electron chi connectivity index (χ4n) is 5.73. The normalized spacial score (nSPS) is 20.4. The molecule has 3 amide bonds. The molecule has 6 heteroatoms. The quantitative estimate of drug-likeness (QED) is 0.773. The minimum Gasteiger partial charge on any atom is -0.337 e. The van der Waals surface area contributed by atoms with Gasteiger partial charge in [0, 0.05) is 45.0 Å². The number of urea groups is 1. The van der Waals surface area contributed by atoms with Gasteiger partial charge in [-0.3, -0.25) is 9.69 Å². The molecule has 0 radical (unpaired) electrons. The Kier molecular flexibility index (Phi) is 6.63. The van der Waals surface area contributed by atoms with E-state index in [9.17, 15) is 9.59 Å². The number of fused-ring (bicyclic) bond motifs is 1. The topological polar surface area (TPSA) is 55.9 Å². The Bertz CT molecular complexity index is 965. The summed E-state index contributed by atoms with van der Waals surface area (Å²) in [5.74, 6) is 0.720. The summed E-state index contributed by atoms with van der Waals surface area (Å²) in [6, 6.07) is 18.0. The van der Waals surface area contributed by atoms with Crippen molar-refractivity contribution in [3.8, 4) is 0 Å². The number of piperazine rings is 1. The SMILES string of the molecule is O=C(Nc1ccccc1)N1CCN([C@H](C(=O)N2CCc3ccccc3C2)C2CCCC2)CC1. The minimum atomic E-state index is -0.0582. The van der Waals surface area contributed by atoms with E-state index >= 15 is 0 Å². The molecule has 174 valence electrons. The predicted molar refractivity (Wildman–Crippen MR) is 130 cm³/mol. The Labute approximate surface area is 196 Å². The summed E-state index contributed by atoms with van der Waals surface area (Å²) in [7, 11) is 0. The van der Waals surface area contributed by atoms with Crippen LogP contribution in [0.4, 0.5) is 10.5 Å². The van der Waals surface area contributed by atoms with Crippen LogP contribution < -0.4 is 5.32 Å². The monoisotopic (exact) mass is 446 g/mol. The molecule has 2 aromatic carbocycles. The molecule has 6 nitrogen and oxygen atoms in total. The van der Waals surface area contributed by atoms with Crippen LogP contribution in [0.3, 0.4) is 0 Å². The van der Waals surface area contributed by atoms with Crippen molar-refractivity contribution in [3.05, 3.63) is 65.7 Å². The average Bonchev–Trinajstić information content (AvgIpc) is 3.39. The Morgan fingerprint density at radius 2 is 1.45 bits per heavy atom. The molecule has 2 aliphatic heterocycles. The summed E-state index contributed by atoms with van der Waals surface area (Å²) in [5, 5.41) is 2.99. The molecule has 1 aliphatic carbocycles. The molecule has 0 aromatic heterocycles. The first-order valence-electron chi connectivity index (χ1n) is 12.4. The number of hydrogen-bond acceptors (Lipinski definition) is 3. The maximum atomic E-state index is 13.8. The van der Waals surface area contributed by atoms with Crippen molar-refractivity contribution in [2.75, 3.05) is 38.0 Å². The maximum Gasteiger partial charge on any atom is 0.321 e.